The van der Waals surface area contributed by atoms with Gasteiger partial charge in [-0.15, -0.1) is 0 Å². The average molecular weight is 221 g/mol. The molecule has 2 aliphatic heterocycles. The van der Waals surface area contributed by atoms with Crippen molar-refractivity contribution in [2.75, 3.05) is 0 Å². The molecule has 0 aliphatic carbocycles. The van der Waals surface area contributed by atoms with E-state index in [1.54, 1.807) is 4.90 Å². The predicted octanol–water partition coefficient (Wildman–Crippen LogP) is 3.23. The molecule has 3 nitrogen and oxygen atoms in total. The van der Waals surface area contributed by atoms with E-state index in [-0.39, 0.29) is 12.1 Å². The molecule has 1 amide bonds. The van der Waals surface area contributed by atoms with Crippen molar-refractivity contribution in [1.29, 1.82) is 0 Å². The molecule has 1 fully saturated rings. The zero-order valence-corrected chi connectivity index (χ0v) is 10.2. The highest BCUT2D eigenvalue weighted by atomic mass is 16.6. The van der Waals surface area contributed by atoms with Crippen LogP contribution in [0.5, 0.6) is 0 Å². The van der Waals surface area contributed by atoms with Gasteiger partial charge in [0.1, 0.15) is 5.60 Å². The quantitative estimate of drug-likeness (QED) is 0.628. The SMILES string of the molecule is CC(C)(C)OC(=O)N1C2=CC=C[C@H]1CCC2. The van der Waals surface area contributed by atoms with E-state index >= 15 is 0 Å². The Hall–Kier alpha value is -1.25. The van der Waals surface area contributed by atoms with Crippen LogP contribution in [-0.4, -0.2) is 22.6 Å². The van der Waals surface area contributed by atoms with Gasteiger partial charge in [0.2, 0.25) is 0 Å². The Morgan fingerprint density at radius 2 is 2.25 bits per heavy atom. The fourth-order valence-corrected chi connectivity index (χ4v) is 2.16. The van der Waals surface area contributed by atoms with Gasteiger partial charge in [-0.2, -0.15) is 0 Å². The molecule has 1 saturated heterocycles. The van der Waals surface area contributed by atoms with Crippen LogP contribution in [0.4, 0.5) is 4.79 Å². The van der Waals surface area contributed by atoms with Gasteiger partial charge in [-0.25, -0.2) is 4.79 Å². The zero-order chi connectivity index (χ0) is 11.8. The molecule has 0 aromatic carbocycles. The minimum Gasteiger partial charge on any atom is -0.443 e. The van der Waals surface area contributed by atoms with Crippen molar-refractivity contribution in [3.63, 3.8) is 0 Å². The third-order valence-corrected chi connectivity index (χ3v) is 2.79. The summed E-state index contributed by atoms with van der Waals surface area (Å²) in [5, 5.41) is 0. The van der Waals surface area contributed by atoms with E-state index in [1.165, 1.54) is 0 Å². The van der Waals surface area contributed by atoms with E-state index < -0.39 is 5.60 Å². The van der Waals surface area contributed by atoms with Crippen LogP contribution in [-0.2, 0) is 4.74 Å². The Labute approximate surface area is 96.8 Å². The molecule has 3 heteroatoms. The second-order valence-electron chi connectivity index (χ2n) is 5.35. The van der Waals surface area contributed by atoms with Crippen LogP contribution in [0, 0.1) is 0 Å². The van der Waals surface area contributed by atoms with Crippen LogP contribution in [0.15, 0.2) is 23.9 Å². The number of hydrogen-bond acceptors (Lipinski definition) is 2. The molecule has 2 aliphatic rings. The van der Waals surface area contributed by atoms with Crippen molar-refractivity contribution >= 4 is 6.09 Å². The van der Waals surface area contributed by atoms with E-state index in [9.17, 15) is 4.79 Å². The van der Waals surface area contributed by atoms with Crippen LogP contribution in [0.25, 0.3) is 0 Å². The number of rotatable bonds is 0. The Kier molecular flexibility index (Phi) is 2.78. The smallest absolute Gasteiger partial charge is 0.415 e. The lowest BCUT2D eigenvalue weighted by atomic mass is 9.96. The Bertz CT molecular complexity index is 349. The Morgan fingerprint density at radius 1 is 1.50 bits per heavy atom. The maximum Gasteiger partial charge on any atom is 0.415 e. The topological polar surface area (TPSA) is 29.5 Å². The van der Waals surface area contributed by atoms with Gasteiger partial charge in [0.05, 0.1) is 6.04 Å². The summed E-state index contributed by atoms with van der Waals surface area (Å²) in [6.45, 7) is 5.69. The van der Waals surface area contributed by atoms with Crippen LogP contribution < -0.4 is 0 Å². The van der Waals surface area contributed by atoms with E-state index in [0.29, 0.717) is 0 Å². The molecule has 0 unspecified atom stereocenters. The molecule has 0 spiro atoms. The molecule has 0 saturated carbocycles. The second-order valence-corrected chi connectivity index (χ2v) is 5.35. The third kappa shape index (κ3) is 2.29. The first-order valence-electron chi connectivity index (χ1n) is 5.87. The number of amides is 1. The fourth-order valence-electron chi connectivity index (χ4n) is 2.16. The van der Waals surface area contributed by atoms with Gasteiger partial charge < -0.3 is 4.74 Å². The first kappa shape index (κ1) is 11.2. The van der Waals surface area contributed by atoms with E-state index in [2.05, 4.69) is 6.08 Å². The predicted molar refractivity (Wildman–Crippen MR) is 62.9 cm³/mol. The molecule has 2 bridgehead atoms. The monoisotopic (exact) mass is 221 g/mol. The average Bonchev–Trinajstić information content (AvgIpc) is 2.13. The van der Waals surface area contributed by atoms with Crippen molar-refractivity contribution in [2.45, 2.75) is 51.7 Å². The molecular weight excluding hydrogens is 202 g/mol. The molecule has 16 heavy (non-hydrogen) atoms. The molecule has 0 aromatic heterocycles. The largest absolute Gasteiger partial charge is 0.443 e. The molecule has 0 aromatic rings. The molecule has 0 N–H and O–H groups in total. The number of allylic oxidation sites excluding steroid dienone is 3. The van der Waals surface area contributed by atoms with Gasteiger partial charge >= 0.3 is 6.09 Å². The normalized spacial score (nSPS) is 24.1. The van der Waals surface area contributed by atoms with Crippen molar-refractivity contribution < 1.29 is 9.53 Å². The summed E-state index contributed by atoms with van der Waals surface area (Å²) in [5.74, 6) is 0. The lowest BCUT2D eigenvalue weighted by Crippen LogP contribution is -2.44. The molecule has 1 atom stereocenters. The van der Waals surface area contributed by atoms with Crippen LogP contribution in [0.3, 0.4) is 0 Å². The maximum atomic E-state index is 12.1. The number of carbonyl (C=O) groups excluding carboxylic acids is 1. The summed E-state index contributed by atoms with van der Waals surface area (Å²) in [5.41, 5.74) is 0.667. The number of nitrogens with zero attached hydrogens (tertiary/aromatic N) is 1. The number of carbonyl (C=O) groups is 1. The third-order valence-electron chi connectivity index (χ3n) is 2.79. The standard InChI is InChI=1S/C13H19NO2/c1-13(2,3)16-12(15)14-10-6-4-7-11(14)9-5-8-10/h4,6-7,10H,5,8-9H2,1-3H3/t10-/m0/s1. The van der Waals surface area contributed by atoms with Crippen LogP contribution >= 0.6 is 0 Å². The number of fused-ring (bicyclic) bond motifs is 2. The van der Waals surface area contributed by atoms with Crippen molar-refractivity contribution in [3.8, 4) is 0 Å². The summed E-state index contributed by atoms with van der Waals surface area (Å²) in [6.07, 6.45) is 9.08. The highest BCUT2D eigenvalue weighted by Gasteiger charge is 2.33. The lowest BCUT2D eigenvalue weighted by molar-refractivity contribution is 0.0230. The van der Waals surface area contributed by atoms with Crippen LogP contribution in [0.2, 0.25) is 0 Å². The number of hydrogen-bond donors (Lipinski definition) is 0. The maximum absolute atomic E-state index is 12.1. The minimum absolute atomic E-state index is 0.198. The van der Waals surface area contributed by atoms with Crippen molar-refractivity contribution in [2.24, 2.45) is 0 Å². The van der Waals surface area contributed by atoms with Gasteiger partial charge in [0.25, 0.3) is 0 Å². The Morgan fingerprint density at radius 3 is 2.88 bits per heavy atom. The van der Waals surface area contributed by atoms with Gasteiger partial charge in [0.15, 0.2) is 0 Å². The Balaban J connectivity index is 2.13. The summed E-state index contributed by atoms with van der Waals surface area (Å²) >= 11 is 0. The van der Waals surface area contributed by atoms with Gasteiger partial charge in [-0.1, -0.05) is 12.2 Å². The van der Waals surface area contributed by atoms with Crippen LogP contribution in [0.1, 0.15) is 40.0 Å². The molecule has 0 radical (unpaired) electrons. The lowest BCUT2D eigenvalue weighted by Gasteiger charge is -2.38. The van der Waals surface area contributed by atoms with E-state index in [0.717, 1.165) is 25.0 Å². The first-order chi connectivity index (χ1) is 7.47. The van der Waals surface area contributed by atoms with Gasteiger partial charge in [-0.05, 0) is 46.1 Å². The highest BCUT2D eigenvalue weighted by molar-refractivity contribution is 5.72. The number of ether oxygens (including phenoxy) is 1. The number of piperidine rings is 1. The molecular formula is C13H19NO2. The first-order valence-corrected chi connectivity index (χ1v) is 5.87. The van der Waals surface area contributed by atoms with Crippen molar-refractivity contribution in [1.82, 2.24) is 4.90 Å². The van der Waals surface area contributed by atoms with Crippen molar-refractivity contribution in [3.05, 3.63) is 23.9 Å². The van der Waals surface area contributed by atoms with E-state index in [4.69, 9.17) is 4.74 Å². The molecule has 2 rings (SSSR count). The summed E-state index contributed by atoms with van der Waals surface area (Å²) in [7, 11) is 0. The summed E-state index contributed by atoms with van der Waals surface area (Å²) in [6, 6.07) is 0.198. The zero-order valence-electron chi connectivity index (χ0n) is 10.2. The fraction of sp³-hybridized carbons (Fsp3) is 0.615. The summed E-state index contributed by atoms with van der Waals surface area (Å²) in [4.78, 5) is 13.9. The second kappa shape index (κ2) is 3.96. The molecule has 2 heterocycles. The molecule has 88 valence electrons. The van der Waals surface area contributed by atoms with Gasteiger partial charge in [0, 0.05) is 5.70 Å². The van der Waals surface area contributed by atoms with E-state index in [1.807, 2.05) is 32.9 Å². The minimum atomic E-state index is -0.424. The summed E-state index contributed by atoms with van der Waals surface area (Å²) < 4.78 is 5.43. The van der Waals surface area contributed by atoms with Gasteiger partial charge in [-0.3, -0.25) is 4.90 Å². The highest BCUT2D eigenvalue weighted by Crippen LogP contribution is 2.31.